The number of nitrogens with zero attached hydrogens (tertiary/aromatic N) is 2. The molecule has 0 unspecified atom stereocenters. The minimum absolute atomic E-state index is 0.103. The zero-order chi connectivity index (χ0) is 19.7. The lowest BCUT2D eigenvalue weighted by Crippen LogP contribution is -2.13. The second-order valence-corrected chi connectivity index (χ2v) is 8.43. The molecule has 0 atom stereocenters. The van der Waals surface area contributed by atoms with Crippen LogP contribution in [-0.2, 0) is 4.79 Å². The summed E-state index contributed by atoms with van der Waals surface area (Å²) in [5.74, 6) is 0.953. The molecular weight excluding hydrogens is 392 g/mol. The molecule has 28 heavy (non-hydrogen) atoms. The van der Waals surface area contributed by atoms with E-state index in [4.69, 9.17) is 4.74 Å². The number of ether oxygens (including phenoxy) is 1. The molecule has 0 aliphatic carbocycles. The van der Waals surface area contributed by atoms with Gasteiger partial charge in [0, 0.05) is 6.07 Å². The van der Waals surface area contributed by atoms with Crippen LogP contribution in [0.25, 0.3) is 21.3 Å². The standard InChI is InChI=1S/C20H20N4O2S2/c1-4-26-13-5-6-14-15(9-13)22-19(21-14)27-10-17(25)23-20-24-18-12(3)7-11(2)8-16(18)28-20/h5-9H,4,10H2,1-3H3,(H,21,22)(H,23,24,25). The van der Waals surface area contributed by atoms with Crippen molar-refractivity contribution in [3.05, 3.63) is 41.5 Å². The van der Waals surface area contributed by atoms with Crippen LogP contribution in [0.2, 0.25) is 0 Å². The smallest absolute Gasteiger partial charge is 0.236 e. The van der Waals surface area contributed by atoms with Gasteiger partial charge in [-0.05, 0) is 50.1 Å². The van der Waals surface area contributed by atoms with Crippen LogP contribution in [0.5, 0.6) is 5.75 Å². The molecule has 4 rings (SSSR count). The predicted octanol–water partition coefficient (Wildman–Crippen LogP) is 4.92. The molecule has 0 saturated heterocycles. The van der Waals surface area contributed by atoms with E-state index < -0.39 is 0 Å². The SMILES string of the molecule is CCOc1ccc2nc(SCC(=O)Nc3nc4c(C)cc(C)cc4s3)[nH]c2c1. The van der Waals surface area contributed by atoms with Crippen molar-refractivity contribution in [3.8, 4) is 5.75 Å². The van der Waals surface area contributed by atoms with Crippen LogP contribution in [0.3, 0.4) is 0 Å². The summed E-state index contributed by atoms with van der Waals surface area (Å²) >= 11 is 2.86. The van der Waals surface area contributed by atoms with Gasteiger partial charge in [0.05, 0.1) is 33.6 Å². The number of imidazole rings is 1. The monoisotopic (exact) mass is 412 g/mol. The Kier molecular flexibility index (Phi) is 5.23. The highest BCUT2D eigenvalue weighted by Gasteiger charge is 2.12. The summed E-state index contributed by atoms with van der Waals surface area (Å²) in [6, 6.07) is 9.91. The van der Waals surface area contributed by atoms with E-state index in [1.54, 1.807) is 0 Å². The van der Waals surface area contributed by atoms with E-state index in [0.29, 0.717) is 16.9 Å². The van der Waals surface area contributed by atoms with Crippen LogP contribution in [-0.4, -0.2) is 33.2 Å². The average molecular weight is 413 g/mol. The Morgan fingerprint density at radius 3 is 2.93 bits per heavy atom. The van der Waals surface area contributed by atoms with Gasteiger partial charge in [0.2, 0.25) is 5.91 Å². The number of rotatable bonds is 6. The van der Waals surface area contributed by atoms with Gasteiger partial charge in [-0.25, -0.2) is 9.97 Å². The van der Waals surface area contributed by atoms with Crippen LogP contribution >= 0.6 is 23.1 Å². The quantitative estimate of drug-likeness (QED) is 0.440. The minimum atomic E-state index is -0.103. The molecule has 0 spiro atoms. The first-order chi connectivity index (χ1) is 13.5. The minimum Gasteiger partial charge on any atom is -0.494 e. The Morgan fingerprint density at radius 1 is 1.25 bits per heavy atom. The molecule has 0 bridgehead atoms. The van der Waals surface area contributed by atoms with Gasteiger partial charge >= 0.3 is 0 Å². The van der Waals surface area contributed by atoms with E-state index in [1.165, 1.54) is 28.7 Å². The second kappa shape index (κ2) is 7.81. The molecule has 2 N–H and O–H groups in total. The summed E-state index contributed by atoms with van der Waals surface area (Å²) in [5, 5.41) is 4.22. The molecule has 0 aliphatic heterocycles. The fourth-order valence-corrected chi connectivity index (χ4v) is 4.75. The first-order valence-corrected chi connectivity index (χ1v) is 10.7. The molecule has 2 heterocycles. The predicted molar refractivity (Wildman–Crippen MR) is 116 cm³/mol. The van der Waals surface area contributed by atoms with Crippen molar-refractivity contribution >= 4 is 55.4 Å². The van der Waals surface area contributed by atoms with E-state index in [-0.39, 0.29) is 11.7 Å². The molecule has 0 fully saturated rings. The number of amides is 1. The van der Waals surface area contributed by atoms with Gasteiger partial charge in [0.1, 0.15) is 5.75 Å². The third kappa shape index (κ3) is 3.98. The molecule has 2 aromatic carbocycles. The first-order valence-electron chi connectivity index (χ1n) is 8.95. The molecule has 0 saturated carbocycles. The van der Waals surface area contributed by atoms with Crippen LogP contribution in [0.4, 0.5) is 5.13 Å². The molecule has 144 valence electrons. The number of H-pyrrole nitrogens is 1. The number of aromatic amines is 1. The molecule has 2 aromatic heterocycles. The van der Waals surface area contributed by atoms with E-state index in [2.05, 4.69) is 39.3 Å². The normalized spacial score (nSPS) is 11.2. The Hall–Kier alpha value is -2.58. The fraction of sp³-hybridized carbons (Fsp3) is 0.250. The van der Waals surface area contributed by atoms with Crippen LogP contribution in [0.1, 0.15) is 18.1 Å². The average Bonchev–Trinajstić information content (AvgIpc) is 3.23. The lowest BCUT2D eigenvalue weighted by Gasteiger charge is -2.00. The molecule has 4 aromatic rings. The first kappa shape index (κ1) is 18.8. The molecule has 0 radical (unpaired) electrons. The number of anilines is 1. The number of hydrogen-bond acceptors (Lipinski definition) is 6. The lowest BCUT2D eigenvalue weighted by molar-refractivity contribution is -0.113. The third-order valence-corrected chi connectivity index (χ3v) is 5.95. The molecule has 8 heteroatoms. The van der Waals surface area contributed by atoms with E-state index in [9.17, 15) is 4.79 Å². The summed E-state index contributed by atoms with van der Waals surface area (Å²) in [7, 11) is 0. The zero-order valence-electron chi connectivity index (χ0n) is 15.8. The highest BCUT2D eigenvalue weighted by molar-refractivity contribution is 7.99. The van der Waals surface area contributed by atoms with Gasteiger partial charge in [-0.15, -0.1) is 0 Å². The lowest BCUT2D eigenvalue weighted by atomic mass is 10.1. The van der Waals surface area contributed by atoms with Gasteiger partial charge < -0.3 is 15.0 Å². The third-order valence-electron chi connectivity index (χ3n) is 4.16. The zero-order valence-corrected chi connectivity index (χ0v) is 17.5. The Balaban J connectivity index is 1.41. The maximum atomic E-state index is 12.3. The van der Waals surface area contributed by atoms with Crippen molar-refractivity contribution in [1.82, 2.24) is 15.0 Å². The van der Waals surface area contributed by atoms with Crippen molar-refractivity contribution in [2.24, 2.45) is 0 Å². The summed E-state index contributed by atoms with van der Waals surface area (Å²) in [6.45, 7) is 6.66. The van der Waals surface area contributed by atoms with Crippen LogP contribution in [0, 0.1) is 13.8 Å². The summed E-state index contributed by atoms with van der Waals surface area (Å²) in [5.41, 5.74) is 5.00. The number of fused-ring (bicyclic) bond motifs is 2. The van der Waals surface area contributed by atoms with E-state index in [0.717, 1.165) is 32.6 Å². The largest absolute Gasteiger partial charge is 0.494 e. The second-order valence-electron chi connectivity index (χ2n) is 6.44. The van der Waals surface area contributed by atoms with Crippen molar-refractivity contribution < 1.29 is 9.53 Å². The molecular formula is C20H20N4O2S2. The van der Waals surface area contributed by atoms with Crippen LogP contribution < -0.4 is 10.1 Å². The van der Waals surface area contributed by atoms with Crippen LogP contribution in [0.15, 0.2) is 35.5 Å². The topological polar surface area (TPSA) is 79.9 Å². The Labute approximate surface area is 170 Å². The van der Waals surface area contributed by atoms with Crippen molar-refractivity contribution in [3.63, 3.8) is 0 Å². The Morgan fingerprint density at radius 2 is 2.11 bits per heavy atom. The highest BCUT2D eigenvalue weighted by atomic mass is 32.2. The van der Waals surface area contributed by atoms with Gasteiger partial charge in [0.15, 0.2) is 10.3 Å². The van der Waals surface area contributed by atoms with Gasteiger partial charge in [-0.3, -0.25) is 4.79 Å². The number of carbonyl (C=O) groups excluding carboxylic acids is 1. The number of carbonyl (C=O) groups is 1. The summed E-state index contributed by atoms with van der Waals surface area (Å²) in [4.78, 5) is 24.6. The van der Waals surface area contributed by atoms with Crippen molar-refractivity contribution in [1.29, 1.82) is 0 Å². The highest BCUT2D eigenvalue weighted by Crippen LogP contribution is 2.29. The van der Waals surface area contributed by atoms with Crippen molar-refractivity contribution in [2.75, 3.05) is 17.7 Å². The number of thioether (sulfide) groups is 1. The Bertz CT molecular complexity index is 1170. The maximum absolute atomic E-state index is 12.3. The summed E-state index contributed by atoms with van der Waals surface area (Å²) in [6.07, 6.45) is 0. The number of aryl methyl sites for hydroxylation is 2. The number of thiazole rings is 1. The summed E-state index contributed by atoms with van der Waals surface area (Å²) < 4.78 is 6.59. The number of hydrogen-bond donors (Lipinski definition) is 2. The molecule has 6 nitrogen and oxygen atoms in total. The number of benzene rings is 2. The van der Waals surface area contributed by atoms with Crippen molar-refractivity contribution in [2.45, 2.75) is 25.9 Å². The van der Waals surface area contributed by atoms with E-state index >= 15 is 0 Å². The molecule has 0 aliphatic rings. The number of nitrogens with one attached hydrogen (secondary N) is 2. The van der Waals surface area contributed by atoms with Gasteiger partial charge in [-0.1, -0.05) is 29.2 Å². The number of aromatic nitrogens is 3. The van der Waals surface area contributed by atoms with Gasteiger partial charge in [-0.2, -0.15) is 0 Å². The fourth-order valence-electron chi connectivity index (χ4n) is 3.00. The van der Waals surface area contributed by atoms with Gasteiger partial charge in [0.25, 0.3) is 0 Å². The maximum Gasteiger partial charge on any atom is 0.236 e. The van der Waals surface area contributed by atoms with E-state index in [1.807, 2.05) is 32.0 Å². The molecule has 1 amide bonds.